The zero-order chi connectivity index (χ0) is 11.0. The molecule has 1 aromatic carbocycles. The monoisotopic (exact) mass is 206 g/mol. The maximum absolute atomic E-state index is 11.4. The van der Waals surface area contributed by atoms with Crippen LogP contribution in [0.3, 0.4) is 0 Å². The predicted octanol–water partition coefficient (Wildman–Crippen LogP) is 1.65. The number of hydrogen-bond donors (Lipinski definition) is 1. The Kier molecular flexibility index (Phi) is 2.26. The van der Waals surface area contributed by atoms with E-state index in [0.717, 1.165) is 16.8 Å². The molecule has 1 aromatic heterocycles. The normalized spacial score (nSPS) is 11.2. The van der Waals surface area contributed by atoms with Gasteiger partial charge in [0.15, 0.2) is 0 Å². The minimum absolute atomic E-state index is 0.0978. The Hall–Kier alpha value is -1.71. The van der Waals surface area contributed by atoms with Crippen LogP contribution in [0.4, 0.5) is 0 Å². The first kappa shape index (κ1) is 9.83. The van der Waals surface area contributed by atoms with Crippen molar-refractivity contribution in [1.29, 1.82) is 0 Å². The molecule has 0 fully saturated rings. The van der Waals surface area contributed by atoms with E-state index in [-0.39, 0.29) is 11.8 Å². The number of nitrogens with zero attached hydrogens (tertiary/aromatic N) is 1. The van der Waals surface area contributed by atoms with Crippen molar-refractivity contribution >= 4 is 11.0 Å². The van der Waals surface area contributed by atoms with Crippen LogP contribution in [0.5, 0.6) is 5.75 Å². The number of aromatic nitrogens is 2. The first-order chi connectivity index (χ1) is 7.09. The Morgan fingerprint density at radius 1 is 1.40 bits per heavy atom. The third kappa shape index (κ3) is 1.63. The Morgan fingerprint density at radius 3 is 2.80 bits per heavy atom. The van der Waals surface area contributed by atoms with Gasteiger partial charge < -0.3 is 9.72 Å². The highest BCUT2D eigenvalue weighted by Gasteiger charge is 2.09. The van der Waals surface area contributed by atoms with Gasteiger partial charge in [0.25, 0.3) is 0 Å². The van der Waals surface area contributed by atoms with E-state index >= 15 is 0 Å². The van der Waals surface area contributed by atoms with Crippen molar-refractivity contribution in [3.05, 3.63) is 28.7 Å². The second kappa shape index (κ2) is 3.46. The van der Waals surface area contributed by atoms with E-state index in [1.165, 1.54) is 0 Å². The molecule has 80 valence electrons. The molecule has 0 aliphatic carbocycles. The van der Waals surface area contributed by atoms with Crippen molar-refractivity contribution in [2.45, 2.75) is 20.0 Å². The Morgan fingerprint density at radius 2 is 2.13 bits per heavy atom. The van der Waals surface area contributed by atoms with Crippen LogP contribution in [-0.4, -0.2) is 15.7 Å². The first-order valence-electron chi connectivity index (χ1n) is 4.94. The number of ether oxygens (including phenoxy) is 1. The highest BCUT2D eigenvalue weighted by molar-refractivity contribution is 5.81. The molecule has 4 heteroatoms. The van der Waals surface area contributed by atoms with Crippen molar-refractivity contribution in [3.8, 4) is 5.75 Å². The number of benzene rings is 1. The van der Waals surface area contributed by atoms with Crippen LogP contribution in [0.1, 0.15) is 13.8 Å². The number of rotatable bonds is 2. The van der Waals surface area contributed by atoms with Crippen LogP contribution in [0.2, 0.25) is 0 Å². The lowest BCUT2D eigenvalue weighted by atomic mass is 10.3. The van der Waals surface area contributed by atoms with E-state index in [4.69, 9.17) is 4.74 Å². The molecule has 0 unspecified atom stereocenters. The molecule has 4 nitrogen and oxygen atoms in total. The zero-order valence-electron chi connectivity index (χ0n) is 9.07. The van der Waals surface area contributed by atoms with Crippen LogP contribution in [0.15, 0.2) is 23.0 Å². The minimum atomic E-state index is -0.121. The van der Waals surface area contributed by atoms with Gasteiger partial charge in [-0.05, 0) is 26.0 Å². The summed E-state index contributed by atoms with van der Waals surface area (Å²) < 4.78 is 7.20. The van der Waals surface area contributed by atoms with E-state index in [1.807, 2.05) is 32.0 Å². The van der Waals surface area contributed by atoms with Gasteiger partial charge in [-0.3, -0.25) is 4.57 Å². The van der Waals surface area contributed by atoms with Gasteiger partial charge in [0.1, 0.15) is 11.3 Å². The Labute approximate surface area is 87.5 Å². The van der Waals surface area contributed by atoms with Gasteiger partial charge in [-0.2, -0.15) is 0 Å². The van der Waals surface area contributed by atoms with Crippen molar-refractivity contribution in [2.75, 3.05) is 0 Å². The molecule has 0 atom stereocenters. The van der Waals surface area contributed by atoms with E-state index in [2.05, 4.69) is 4.98 Å². The van der Waals surface area contributed by atoms with Crippen molar-refractivity contribution in [1.82, 2.24) is 9.55 Å². The van der Waals surface area contributed by atoms with Crippen LogP contribution in [0.25, 0.3) is 11.0 Å². The first-order valence-corrected chi connectivity index (χ1v) is 4.94. The number of H-pyrrole nitrogens is 1. The maximum atomic E-state index is 11.4. The van der Waals surface area contributed by atoms with Gasteiger partial charge in [-0.1, -0.05) is 6.07 Å². The molecule has 2 rings (SSSR count). The highest BCUT2D eigenvalue weighted by Crippen LogP contribution is 2.23. The van der Waals surface area contributed by atoms with Crippen molar-refractivity contribution in [2.24, 2.45) is 7.05 Å². The molecule has 0 amide bonds. The van der Waals surface area contributed by atoms with Crippen LogP contribution < -0.4 is 10.4 Å². The molecular weight excluding hydrogens is 192 g/mol. The zero-order valence-corrected chi connectivity index (χ0v) is 9.07. The lowest BCUT2D eigenvalue weighted by Gasteiger charge is -2.10. The molecule has 0 bridgehead atoms. The minimum Gasteiger partial charge on any atom is -0.489 e. The van der Waals surface area contributed by atoms with Gasteiger partial charge in [0.2, 0.25) is 0 Å². The standard InChI is InChI=1S/C11H14N2O2/c1-7(2)15-9-6-4-5-8-10(9)13(3)11(14)12-8/h4-7H,1-3H3,(H,12,14). The average Bonchev–Trinajstić information content (AvgIpc) is 2.43. The van der Waals surface area contributed by atoms with E-state index in [0.29, 0.717) is 0 Å². The summed E-state index contributed by atoms with van der Waals surface area (Å²) in [5.41, 5.74) is 1.50. The number of nitrogens with one attached hydrogen (secondary N) is 1. The molecule has 0 aliphatic rings. The molecule has 0 aliphatic heterocycles. The lowest BCUT2D eigenvalue weighted by Crippen LogP contribution is -2.13. The topological polar surface area (TPSA) is 47.0 Å². The summed E-state index contributed by atoms with van der Waals surface area (Å²) in [6, 6.07) is 5.61. The highest BCUT2D eigenvalue weighted by atomic mass is 16.5. The molecule has 15 heavy (non-hydrogen) atoms. The smallest absolute Gasteiger partial charge is 0.326 e. The fourth-order valence-electron chi connectivity index (χ4n) is 1.62. The summed E-state index contributed by atoms with van der Waals surface area (Å²) in [5, 5.41) is 0. The van der Waals surface area contributed by atoms with E-state index < -0.39 is 0 Å². The van der Waals surface area contributed by atoms with Crippen LogP contribution in [0, 0.1) is 0 Å². The summed E-state index contributed by atoms with van der Waals surface area (Å²) in [7, 11) is 1.73. The Bertz CT molecular complexity index is 537. The SMILES string of the molecule is CC(C)Oc1cccc2[nH]c(=O)n(C)c12. The molecule has 1 heterocycles. The van der Waals surface area contributed by atoms with Gasteiger partial charge in [-0.25, -0.2) is 4.79 Å². The molecule has 1 N–H and O–H groups in total. The molecule has 0 saturated heterocycles. The quantitative estimate of drug-likeness (QED) is 0.812. The summed E-state index contributed by atoms with van der Waals surface area (Å²) in [4.78, 5) is 14.2. The van der Waals surface area contributed by atoms with Gasteiger partial charge >= 0.3 is 5.69 Å². The molecule has 0 spiro atoms. The predicted molar refractivity (Wildman–Crippen MR) is 59.3 cm³/mol. The molecule has 0 saturated carbocycles. The summed E-state index contributed by atoms with van der Waals surface area (Å²) in [6.45, 7) is 3.92. The fraction of sp³-hybridized carbons (Fsp3) is 0.364. The maximum Gasteiger partial charge on any atom is 0.326 e. The number of para-hydroxylation sites is 1. The number of aryl methyl sites for hydroxylation is 1. The number of hydrogen-bond acceptors (Lipinski definition) is 2. The average molecular weight is 206 g/mol. The molecule has 0 radical (unpaired) electrons. The third-order valence-electron chi connectivity index (χ3n) is 2.24. The van der Waals surface area contributed by atoms with Gasteiger partial charge in [0, 0.05) is 7.05 Å². The molecular formula is C11H14N2O2. The van der Waals surface area contributed by atoms with Crippen LogP contribution in [-0.2, 0) is 7.05 Å². The second-order valence-electron chi connectivity index (χ2n) is 3.81. The van der Waals surface area contributed by atoms with E-state index in [1.54, 1.807) is 11.6 Å². The largest absolute Gasteiger partial charge is 0.489 e. The molecule has 2 aromatic rings. The van der Waals surface area contributed by atoms with Crippen LogP contribution >= 0.6 is 0 Å². The van der Waals surface area contributed by atoms with Crippen molar-refractivity contribution in [3.63, 3.8) is 0 Å². The lowest BCUT2D eigenvalue weighted by molar-refractivity contribution is 0.244. The van der Waals surface area contributed by atoms with Gasteiger partial charge in [0.05, 0.1) is 11.6 Å². The summed E-state index contributed by atoms with van der Waals surface area (Å²) in [6.07, 6.45) is 0.0978. The second-order valence-corrected chi connectivity index (χ2v) is 3.81. The number of imidazole rings is 1. The Balaban J connectivity index is 2.69. The van der Waals surface area contributed by atoms with Gasteiger partial charge in [-0.15, -0.1) is 0 Å². The number of aromatic amines is 1. The fourth-order valence-corrected chi connectivity index (χ4v) is 1.62. The third-order valence-corrected chi connectivity index (χ3v) is 2.24. The summed E-state index contributed by atoms with van der Waals surface area (Å²) in [5.74, 6) is 0.739. The van der Waals surface area contributed by atoms with Crippen molar-refractivity contribution < 1.29 is 4.74 Å². The number of fused-ring (bicyclic) bond motifs is 1. The van der Waals surface area contributed by atoms with E-state index in [9.17, 15) is 4.79 Å². The summed E-state index contributed by atoms with van der Waals surface area (Å²) >= 11 is 0.